The quantitative estimate of drug-likeness (QED) is 0.415. The number of aliphatic hydroxyl groups is 1. The van der Waals surface area contributed by atoms with E-state index in [0.29, 0.717) is 17.9 Å². The number of methoxy groups -OCH3 is 2. The normalized spacial score (nSPS) is 18.0. The maximum Gasteiger partial charge on any atom is 0.295 e. The van der Waals surface area contributed by atoms with Crippen LogP contribution in [0.5, 0.6) is 11.5 Å². The molecule has 1 aliphatic heterocycles. The molecule has 1 unspecified atom stereocenters. The first-order chi connectivity index (χ1) is 14.8. The Kier molecular flexibility index (Phi) is 6.60. The van der Waals surface area contributed by atoms with Crippen molar-refractivity contribution >= 4 is 17.4 Å². The van der Waals surface area contributed by atoms with Crippen LogP contribution in [0.2, 0.25) is 0 Å². The second-order valence-corrected chi connectivity index (χ2v) is 7.42. The van der Waals surface area contributed by atoms with Crippen molar-refractivity contribution < 1.29 is 28.6 Å². The van der Waals surface area contributed by atoms with Gasteiger partial charge in [0, 0.05) is 19.2 Å². The molecule has 31 heavy (non-hydrogen) atoms. The number of halogens is 1. The summed E-state index contributed by atoms with van der Waals surface area (Å²) in [4.78, 5) is 29.1. The Labute approximate surface area is 180 Å². The highest BCUT2D eigenvalue weighted by molar-refractivity contribution is 6.46. The molecule has 1 fully saturated rings. The monoisotopic (exact) mass is 428 g/mol. The fourth-order valence-corrected chi connectivity index (χ4v) is 3.58. The Balaban J connectivity index is 2.20. The van der Waals surface area contributed by atoms with E-state index in [1.54, 1.807) is 24.3 Å². The van der Waals surface area contributed by atoms with E-state index < -0.39 is 23.5 Å². The molecule has 1 aliphatic rings. The van der Waals surface area contributed by atoms with Gasteiger partial charge in [0.05, 0.1) is 31.4 Å². The number of carbonyl (C=O) groups is 2. The Bertz CT molecular complexity index is 1030. The van der Waals surface area contributed by atoms with E-state index in [0.717, 1.165) is 0 Å². The van der Waals surface area contributed by atoms with Gasteiger partial charge in [-0.25, -0.2) is 4.39 Å². The molecule has 2 aromatic rings. The first-order valence-corrected chi connectivity index (χ1v) is 9.69. The van der Waals surface area contributed by atoms with Gasteiger partial charge in [-0.15, -0.1) is 0 Å². The van der Waals surface area contributed by atoms with E-state index in [2.05, 4.69) is 0 Å². The van der Waals surface area contributed by atoms with Gasteiger partial charge in [-0.3, -0.25) is 9.59 Å². The van der Waals surface area contributed by atoms with E-state index in [4.69, 9.17) is 9.47 Å². The average Bonchev–Trinajstić information content (AvgIpc) is 3.01. The number of rotatable bonds is 7. The minimum absolute atomic E-state index is 0.113. The van der Waals surface area contributed by atoms with Crippen molar-refractivity contribution in [2.24, 2.45) is 0 Å². The molecule has 1 heterocycles. The maximum atomic E-state index is 14.0. The van der Waals surface area contributed by atoms with Crippen molar-refractivity contribution in [1.29, 1.82) is 0 Å². The van der Waals surface area contributed by atoms with Crippen LogP contribution in [-0.4, -0.2) is 68.0 Å². The van der Waals surface area contributed by atoms with Gasteiger partial charge in [-0.1, -0.05) is 12.1 Å². The third-order valence-corrected chi connectivity index (χ3v) is 5.16. The second-order valence-electron chi connectivity index (χ2n) is 7.42. The van der Waals surface area contributed by atoms with Crippen molar-refractivity contribution in [1.82, 2.24) is 9.80 Å². The predicted molar refractivity (Wildman–Crippen MR) is 114 cm³/mol. The number of amides is 1. The number of likely N-dealkylation sites (N-methyl/N-ethyl adjacent to an activating group) is 1. The van der Waals surface area contributed by atoms with Gasteiger partial charge in [-0.2, -0.15) is 0 Å². The zero-order valence-corrected chi connectivity index (χ0v) is 17.9. The SMILES string of the molecule is COc1ccc(C(O)=C2C(=O)C(=O)N(CCN(C)C)C2c2cccc(F)c2)c(OC)c1. The average molecular weight is 428 g/mol. The molecule has 0 aliphatic carbocycles. The zero-order chi connectivity index (χ0) is 22.7. The van der Waals surface area contributed by atoms with E-state index >= 15 is 0 Å². The number of nitrogens with zero attached hydrogens (tertiary/aromatic N) is 2. The fourth-order valence-electron chi connectivity index (χ4n) is 3.58. The van der Waals surface area contributed by atoms with Gasteiger partial charge >= 0.3 is 0 Å². The number of hydrogen-bond donors (Lipinski definition) is 1. The number of Topliss-reactive ketones (excluding diaryl/α,β-unsaturated/α-hetero) is 1. The van der Waals surface area contributed by atoms with Gasteiger partial charge in [0.2, 0.25) is 0 Å². The lowest BCUT2D eigenvalue weighted by atomic mass is 9.95. The van der Waals surface area contributed by atoms with E-state index in [1.165, 1.54) is 37.3 Å². The van der Waals surface area contributed by atoms with Crippen LogP contribution in [0.15, 0.2) is 48.0 Å². The minimum Gasteiger partial charge on any atom is -0.507 e. The van der Waals surface area contributed by atoms with E-state index in [-0.39, 0.29) is 29.2 Å². The summed E-state index contributed by atoms with van der Waals surface area (Å²) in [6.07, 6.45) is 0. The summed E-state index contributed by atoms with van der Waals surface area (Å²) in [7, 11) is 6.60. The Morgan fingerprint density at radius 2 is 1.87 bits per heavy atom. The van der Waals surface area contributed by atoms with Crippen molar-refractivity contribution in [3.63, 3.8) is 0 Å². The molecule has 8 heteroatoms. The highest BCUT2D eigenvalue weighted by Gasteiger charge is 2.46. The first kappa shape index (κ1) is 22.3. The standard InChI is InChI=1S/C23H25FN2O5/c1-25(2)10-11-26-20(14-6-5-7-15(24)12-14)19(22(28)23(26)29)21(27)17-9-8-16(30-3)13-18(17)31-4/h5-9,12-13,20,27H,10-11H2,1-4H3. The van der Waals surface area contributed by atoms with Gasteiger partial charge in [0.25, 0.3) is 11.7 Å². The summed E-state index contributed by atoms with van der Waals surface area (Å²) in [5.41, 5.74) is 0.514. The smallest absolute Gasteiger partial charge is 0.295 e. The summed E-state index contributed by atoms with van der Waals surface area (Å²) in [5, 5.41) is 11.1. The molecule has 164 valence electrons. The molecule has 0 saturated carbocycles. The Morgan fingerprint density at radius 1 is 1.13 bits per heavy atom. The van der Waals surface area contributed by atoms with Crippen LogP contribution in [0.25, 0.3) is 5.76 Å². The number of hydrogen-bond acceptors (Lipinski definition) is 6. The largest absolute Gasteiger partial charge is 0.507 e. The van der Waals surface area contributed by atoms with Crippen LogP contribution in [0.3, 0.4) is 0 Å². The van der Waals surface area contributed by atoms with Crippen LogP contribution in [0, 0.1) is 5.82 Å². The van der Waals surface area contributed by atoms with Crippen molar-refractivity contribution in [3.8, 4) is 11.5 Å². The Hall–Kier alpha value is -3.39. The first-order valence-electron chi connectivity index (χ1n) is 9.69. The highest BCUT2D eigenvalue weighted by Crippen LogP contribution is 2.41. The van der Waals surface area contributed by atoms with Gasteiger partial charge in [0.1, 0.15) is 23.1 Å². The van der Waals surface area contributed by atoms with E-state index in [9.17, 15) is 19.1 Å². The topological polar surface area (TPSA) is 79.3 Å². The fraction of sp³-hybridized carbons (Fsp3) is 0.304. The second kappa shape index (κ2) is 9.18. The highest BCUT2D eigenvalue weighted by atomic mass is 19.1. The molecule has 0 bridgehead atoms. The van der Waals surface area contributed by atoms with Crippen LogP contribution in [-0.2, 0) is 9.59 Å². The predicted octanol–water partition coefficient (Wildman–Crippen LogP) is 2.83. The van der Waals surface area contributed by atoms with E-state index in [1.807, 2.05) is 19.0 Å². The molecular weight excluding hydrogens is 403 g/mol. The number of ketones is 1. The molecule has 1 atom stereocenters. The van der Waals surface area contributed by atoms with Gasteiger partial charge in [-0.05, 0) is 43.9 Å². The summed E-state index contributed by atoms with van der Waals surface area (Å²) in [5.74, 6) is -1.69. The number of likely N-dealkylation sites (tertiary alicyclic amines) is 1. The maximum absolute atomic E-state index is 14.0. The van der Waals surface area contributed by atoms with Crippen LogP contribution in [0.4, 0.5) is 4.39 Å². The lowest BCUT2D eigenvalue weighted by Gasteiger charge is -2.26. The summed E-state index contributed by atoms with van der Waals surface area (Å²) < 4.78 is 24.5. The molecule has 0 spiro atoms. The molecule has 7 nitrogen and oxygen atoms in total. The summed E-state index contributed by atoms with van der Waals surface area (Å²) >= 11 is 0. The van der Waals surface area contributed by atoms with Crippen LogP contribution >= 0.6 is 0 Å². The molecule has 1 saturated heterocycles. The molecule has 0 aromatic heterocycles. The molecule has 0 radical (unpaired) electrons. The third kappa shape index (κ3) is 4.39. The molecular formula is C23H25FN2O5. The molecule has 2 aromatic carbocycles. The molecule has 1 amide bonds. The number of carbonyl (C=O) groups excluding carboxylic acids is 2. The Morgan fingerprint density at radius 3 is 2.48 bits per heavy atom. The number of benzene rings is 2. The zero-order valence-electron chi connectivity index (χ0n) is 17.9. The lowest BCUT2D eigenvalue weighted by Crippen LogP contribution is -2.35. The number of aliphatic hydroxyl groups excluding tert-OH is 1. The molecule has 1 N–H and O–H groups in total. The van der Waals surface area contributed by atoms with Crippen molar-refractivity contribution in [2.45, 2.75) is 6.04 Å². The number of ether oxygens (including phenoxy) is 2. The summed E-state index contributed by atoms with van der Waals surface area (Å²) in [6, 6.07) is 9.46. The summed E-state index contributed by atoms with van der Waals surface area (Å²) in [6.45, 7) is 0.722. The van der Waals surface area contributed by atoms with Crippen LogP contribution < -0.4 is 9.47 Å². The lowest BCUT2D eigenvalue weighted by molar-refractivity contribution is -0.140. The van der Waals surface area contributed by atoms with Crippen LogP contribution in [0.1, 0.15) is 17.2 Å². The van der Waals surface area contributed by atoms with Crippen molar-refractivity contribution in [2.75, 3.05) is 41.4 Å². The third-order valence-electron chi connectivity index (χ3n) is 5.16. The minimum atomic E-state index is -0.928. The van der Waals surface area contributed by atoms with Crippen molar-refractivity contribution in [3.05, 3.63) is 65.0 Å². The molecule has 3 rings (SSSR count). The van der Waals surface area contributed by atoms with Gasteiger partial charge < -0.3 is 24.4 Å². The van der Waals surface area contributed by atoms with Gasteiger partial charge in [0.15, 0.2) is 0 Å².